The van der Waals surface area contributed by atoms with Crippen molar-refractivity contribution in [3.05, 3.63) is 12.0 Å². The van der Waals surface area contributed by atoms with Gasteiger partial charge in [0.25, 0.3) is 0 Å². The molecule has 1 aliphatic rings. The Balaban J connectivity index is 2.40. The van der Waals surface area contributed by atoms with Gasteiger partial charge in [0, 0.05) is 13.2 Å². The molecule has 0 aromatic heterocycles. The predicted octanol–water partition coefficient (Wildman–Crippen LogP) is -1.18. The highest BCUT2D eigenvalue weighted by molar-refractivity contribution is 5.00. The molecule has 0 aromatic carbocycles. The van der Waals surface area contributed by atoms with E-state index in [2.05, 4.69) is 10.6 Å². The van der Waals surface area contributed by atoms with Crippen molar-refractivity contribution in [3.63, 3.8) is 0 Å². The molecule has 0 unspecified atom stereocenters. The number of nitrogens with zero attached hydrogens (tertiary/aromatic N) is 1. The van der Waals surface area contributed by atoms with Crippen LogP contribution in [0.3, 0.4) is 0 Å². The Labute approximate surface area is 54.2 Å². The van der Waals surface area contributed by atoms with Crippen LogP contribution in [0, 0.1) is 0 Å². The largest absolute Gasteiger partial charge is 0.376 e. The van der Waals surface area contributed by atoms with Gasteiger partial charge in [-0.3, -0.25) is 0 Å². The highest BCUT2D eigenvalue weighted by Crippen LogP contribution is 1.95. The monoisotopic (exact) mass is 129 g/mol. The zero-order valence-corrected chi connectivity index (χ0v) is 5.39. The third kappa shape index (κ3) is 1.26. The first-order valence-electron chi connectivity index (χ1n) is 2.84. The first-order chi connectivity index (χ1) is 4.34. The maximum absolute atomic E-state index is 8.61. The molecule has 4 nitrogen and oxygen atoms in total. The van der Waals surface area contributed by atoms with E-state index in [9.17, 15) is 0 Å². The molecule has 0 aromatic rings. The standard InChI is InChI=1S/C5H11N3O/c1-8(4-9)5-2-6-3-7-5/h2,6-7,9H,3-4H2,1H3. The van der Waals surface area contributed by atoms with Crippen molar-refractivity contribution in [3.8, 4) is 0 Å². The molecule has 0 fully saturated rings. The van der Waals surface area contributed by atoms with Crippen LogP contribution in [-0.4, -0.2) is 30.5 Å². The lowest BCUT2D eigenvalue weighted by Gasteiger charge is -2.15. The van der Waals surface area contributed by atoms with Gasteiger partial charge in [-0.1, -0.05) is 0 Å². The first-order valence-corrected chi connectivity index (χ1v) is 2.84. The van der Waals surface area contributed by atoms with Crippen LogP contribution in [-0.2, 0) is 0 Å². The summed E-state index contributed by atoms with van der Waals surface area (Å²) < 4.78 is 0. The highest BCUT2D eigenvalue weighted by atomic mass is 16.3. The molecule has 9 heavy (non-hydrogen) atoms. The molecule has 3 N–H and O–H groups in total. The molecule has 1 heterocycles. The number of nitrogens with one attached hydrogen (secondary N) is 2. The van der Waals surface area contributed by atoms with E-state index in [0.717, 1.165) is 12.5 Å². The van der Waals surface area contributed by atoms with Crippen molar-refractivity contribution >= 4 is 0 Å². The molecule has 0 atom stereocenters. The average Bonchev–Trinajstić information content (AvgIpc) is 2.37. The fourth-order valence-electron chi connectivity index (χ4n) is 0.662. The van der Waals surface area contributed by atoms with Gasteiger partial charge in [-0.05, 0) is 0 Å². The molecule has 0 spiro atoms. The van der Waals surface area contributed by atoms with Crippen molar-refractivity contribution in [1.82, 2.24) is 15.5 Å². The van der Waals surface area contributed by atoms with Crippen LogP contribution in [0.2, 0.25) is 0 Å². The average molecular weight is 129 g/mol. The molecule has 1 aliphatic heterocycles. The number of hydrogen-bond acceptors (Lipinski definition) is 4. The lowest BCUT2D eigenvalue weighted by atomic mass is 10.7. The zero-order chi connectivity index (χ0) is 6.69. The fourth-order valence-corrected chi connectivity index (χ4v) is 0.662. The summed E-state index contributed by atoms with van der Waals surface area (Å²) in [4.78, 5) is 1.71. The normalized spacial score (nSPS) is 16.0. The molecule has 0 bridgehead atoms. The molecular weight excluding hydrogens is 118 g/mol. The topological polar surface area (TPSA) is 47.5 Å². The summed E-state index contributed by atoms with van der Waals surface area (Å²) in [6.45, 7) is 0.792. The van der Waals surface area contributed by atoms with Crippen molar-refractivity contribution in [2.24, 2.45) is 0 Å². The summed E-state index contributed by atoms with van der Waals surface area (Å²) in [5, 5.41) is 14.6. The van der Waals surface area contributed by atoms with Gasteiger partial charge in [0.15, 0.2) is 0 Å². The lowest BCUT2D eigenvalue weighted by Crippen LogP contribution is -2.26. The number of aliphatic hydroxyl groups is 1. The third-order valence-electron chi connectivity index (χ3n) is 1.23. The van der Waals surface area contributed by atoms with E-state index in [0.29, 0.717) is 0 Å². The Hall–Kier alpha value is -0.900. The Morgan fingerprint density at radius 3 is 3.11 bits per heavy atom. The summed E-state index contributed by atoms with van der Waals surface area (Å²) in [7, 11) is 1.81. The Bertz CT molecular complexity index is 123. The van der Waals surface area contributed by atoms with Crippen LogP contribution in [0.25, 0.3) is 0 Å². The van der Waals surface area contributed by atoms with Crippen LogP contribution < -0.4 is 10.6 Å². The number of hydrogen-bond donors (Lipinski definition) is 3. The van der Waals surface area contributed by atoms with Crippen molar-refractivity contribution in [2.45, 2.75) is 0 Å². The van der Waals surface area contributed by atoms with E-state index >= 15 is 0 Å². The molecular formula is C5H11N3O. The third-order valence-corrected chi connectivity index (χ3v) is 1.23. The Kier molecular flexibility index (Phi) is 1.79. The lowest BCUT2D eigenvalue weighted by molar-refractivity contribution is 0.157. The van der Waals surface area contributed by atoms with E-state index in [1.54, 1.807) is 4.90 Å². The summed E-state index contributed by atoms with van der Waals surface area (Å²) in [6, 6.07) is 0. The van der Waals surface area contributed by atoms with Gasteiger partial charge in [-0.15, -0.1) is 0 Å². The van der Waals surface area contributed by atoms with Gasteiger partial charge in [0.05, 0.1) is 6.67 Å². The smallest absolute Gasteiger partial charge is 0.120 e. The van der Waals surface area contributed by atoms with E-state index in [1.807, 2.05) is 13.2 Å². The van der Waals surface area contributed by atoms with Crippen LogP contribution in [0.1, 0.15) is 0 Å². The summed E-state index contributed by atoms with van der Waals surface area (Å²) >= 11 is 0. The molecule has 0 radical (unpaired) electrons. The van der Waals surface area contributed by atoms with Crippen molar-refractivity contribution < 1.29 is 5.11 Å². The predicted molar refractivity (Wildman–Crippen MR) is 34.1 cm³/mol. The van der Waals surface area contributed by atoms with Crippen molar-refractivity contribution in [1.29, 1.82) is 0 Å². The van der Waals surface area contributed by atoms with Crippen LogP contribution in [0.4, 0.5) is 0 Å². The van der Waals surface area contributed by atoms with Crippen LogP contribution in [0.15, 0.2) is 12.0 Å². The van der Waals surface area contributed by atoms with Gasteiger partial charge < -0.3 is 20.6 Å². The van der Waals surface area contributed by atoms with Gasteiger partial charge in [-0.2, -0.15) is 0 Å². The van der Waals surface area contributed by atoms with Crippen molar-refractivity contribution in [2.75, 3.05) is 20.4 Å². The molecule has 52 valence electrons. The molecule has 0 aliphatic carbocycles. The molecule has 0 saturated heterocycles. The summed E-state index contributed by atoms with van der Waals surface area (Å²) in [5.74, 6) is 0.928. The molecule has 1 rings (SSSR count). The van der Waals surface area contributed by atoms with Gasteiger partial charge >= 0.3 is 0 Å². The minimum absolute atomic E-state index is 0.0422. The van der Waals surface area contributed by atoms with Crippen LogP contribution in [0.5, 0.6) is 0 Å². The van der Waals surface area contributed by atoms with E-state index in [1.165, 1.54) is 0 Å². The molecule has 0 saturated carbocycles. The Morgan fingerprint density at radius 2 is 2.67 bits per heavy atom. The minimum Gasteiger partial charge on any atom is -0.376 e. The van der Waals surface area contributed by atoms with Gasteiger partial charge in [0.2, 0.25) is 0 Å². The highest BCUT2D eigenvalue weighted by Gasteiger charge is 2.04. The zero-order valence-electron chi connectivity index (χ0n) is 5.39. The summed E-state index contributed by atoms with van der Waals surface area (Å²) in [6.07, 6.45) is 1.83. The van der Waals surface area contributed by atoms with E-state index in [-0.39, 0.29) is 6.73 Å². The maximum Gasteiger partial charge on any atom is 0.120 e. The second kappa shape index (κ2) is 2.59. The fraction of sp³-hybridized carbons (Fsp3) is 0.600. The summed E-state index contributed by atoms with van der Waals surface area (Å²) in [5.41, 5.74) is 0. The molecule has 0 amide bonds. The van der Waals surface area contributed by atoms with Gasteiger partial charge in [-0.25, -0.2) is 0 Å². The second-order valence-corrected chi connectivity index (χ2v) is 1.93. The Morgan fingerprint density at radius 1 is 1.89 bits per heavy atom. The quantitative estimate of drug-likeness (QED) is 0.411. The maximum atomic E-state index is 8.61. The number of rotatable bonds is 2. The SMILES string of the molecule is CN(CO)C1=CNCN1. The second-order valence-electron chi connectivity index (χ2n) is 1.93. The van der Waals surface area contributed by atoms with E-state index < -0.39 is 0 Å². The first kappa shape index (κ1) is 6.22. The molecule has 4 heteroatoms. The minimum atomic E-state index is 0.0422. The van der Waals surface area contributed by atoms with E-state index in [4.69, 9.17) is 5.11 Å². The van der Waals surface area contributed by atoms with Gasteiger partial charge in [0.1, 0.15) is 12.6 Å². The van der Waals surface area contributed by atoms with Crippen LogP contribution >= 0.6 is 0 Å². The number of aliphatic hydroxyl groups excluding tert-OH is 1.